The second-order valence-corrected chi connectivity index (χ2v) is 4.24. The maximum Gasteiger partial charge on any atom is 0.272 e. The average Bonchev–Trinajstić information content (AvgIpc) is 2.40. The monoisotopic (exact) mass is 276 g/mol. The molecule has 2 aromatic rings. The van der Waals surface area contributed by atoms with Crippen molar-refractivity contribution in [2.75, 3.05) is 0 Å². The van der Waals surface area contributed by atoms with Crippen LogP contribution in [-0.4, -0.2) is 4.92 Å². The Hall–Kier alpha value is -2.47. The second-order valence-electron chi connectivity index (χ2n) is 4.24. The van der Waals surface area contributed by atoms with E-state index in [1.165, 1.54) is 24.3 Å². The van der Waals surface area contributed by atoms with Crippen molar-refractivity contribution < 1.29 is 14.1 Å². The summed E-state index contributed by atoms with van der Waals surface area (Å²) in [5.41, 5.74) is 6.49. The number of nitrogens with zero attached hydrogens (tertiary/aromatic N) is 1. The maximum atomic E-state index is 13.7. The molecule has 0 aliphatic carbocycles. The molecule has 0 atom stereocenters. The van der Waals surface area contributed by atoms with Crippen LogP contribution in [0.4, 0.5) is 10.1 Å². The van der Waals surface area contributed by atoms with Crippen LogP contribution < -0.4 is 10.5 Å². The van der Waals surface area contributed by atoms with Crippen LogP contribution in [0.1, 0.15) is 11.1 Å². The topological polar surface area (TPSA) is 78.4 Å². The van der Waals surface area contributed by atoms with Crippen LogP contribution >= 0.6 is 0 Å². The fraction of sp³-hybridized carbons (Fsp3) is 0.143. The SMILES string of the molecule is Cc1cc(Oc2c(F)cccc2CN)ccc1[N+](=O)[O-]. The van der Waals surface area contributed by atoms with E-state index in [1.807, 2.05) is 0 Å². The van der Waals surface area contributed by atoms with E-state index in [0.29, 0.717) is 16.9 Å². The van der Waals surface area contributed by atoms with Gasteiger partial charge in [-0.2, -0.15) is 0 Å². The Bertz CT molecular complexity index is 659. The zero-order chi connectivity index (χ0) is 14.7. The van der Waals surface area contributed by atoms with Gasteiger partial charge < -0.3 is 10.5 Å². The maximum absolute atomic E-state index is 13.7. The van der Waals surface area contributed by atoms with Gasteiger partial charge in [-0.25, -0.2) is 4.39 Å². The van der Waals surface area contributed by atoms with Gasteiger partial charge in [-0.1, -0.05) is 12.1 Å². The minimum absolute atomic E-state index is 0.00932. The fourth-order valence-corrected chi connectivity index (χ4v) is 1.84. The van der Waals surface area contributed by atoms with Crippen LogP contribution in [0.3, 0.4) is 0 Å². The Morgan fingerprint density at radius 1 is 1.35 bits per heavy atom. The number of benzene rings is 2. The third-order valence-corrected chi connectivity index (χ3v) is 2.85. The van der Waals surface area contributed by atoms with E-state index >= 15 is 0 Å². The lowest BCUT2D eigenvalue weighted by atomic mass is 10.1. The summed E-state index contributed by atoms with van der Waals surface area (Å²) in [5.74, 6) is -0.153. The smallest absolute Gasteiger partial charge is 0.272 e. The molecule has 0 saturated heterocycles. The molecule has 0 aliphatic rings. The molecule has 0 spiro atoms. The van der Waals surface area contributed by atoms with Crippen LogP contribution in [0, 0.1) is 22.9 Å². The summed E-state index contributed by atoms with van der Waals surface area (Å²) in [6.45, 7) is 1.73. The first-order chi connectivity index (χ1) is 9.52. The van der Waals surface area contributed by atoms with Crippen LogP contribution in [-0.2, 0) is 6.54 Å². The molecule has 0 unspecified atom stereocenters. The van der Waals surface area contributed by atoms with Gasteiger partial charge in [0.1, 0.15) is 5.75 Å². The number of hydrogen-bond acceptors (Lipinski definition) is 4. The lowest BCUT2D eigenvalue weighted by molar-refractivity contribution is -0.385. The van der Waals surface area contributed by atoms with Crippen LogP contribution in [0.5, 0.6) is 11.5 Å². The highest BCUT2D eigenvalue weighted by Gasteiger charge is 2.14. The summed E-state index contributed by atoms with van der Waals surface area (Å²) < 4.78 is 19.2. The van der Waals surface area contributed by atoms with Crippen molar-refractivity contribution in [3.8, 4) is 11.5 Å². The zero-order valence-corrected chi connectivity index (χ0v) is 10.8. The number of halogens is 1. The molecule has 0 amide bonds. The molecule has 2 aromatic carbocycles. The van der Waals surface area contributed by atoms with E-state index in [-0.39, 0.29) is 18.0 Å². The number of para-hydroxylation sites is 1. The molecule has 6 heteroatoms. The molecule has 0 fully saturated rings. The lowest BCUT2D eigenvalue weighted by Gasteiger charge is -2.11. The third kappa shape index (κ3) is 2.75. The van der Waals surface area contributed by atoms with Crippen molar-refractivity contribution in [1.29, 1.82) is 0 Å². The Morgan fingerprint density at radius 3 is 2.70 bits per heavy atom. The van der Waals surface area contributed by atoms with E-state index in [1.54, 1.807) is 19.1 Å². The number of aryl methyl sites for hydroxylation is 1. The zero-order valence-electron chi connectivity index (χ0n) is 10.8. The van der Waals surface area contributed by atoms with Crippen LogP contribution in [0.25, 0.3) is 0 Å². The second kappa shape index (κ2) is 5.66. The van der Waals surface area contributed by atoms with Crippen molar-refractivity contribution in [3.63, 3.8) is 0 Å². The lowest BCUT2D eigenvalue weighted by Crippen LogP contribution is -2.01. The Labute approximate surface area is 114 Å². The van der Waals surface area contributed by atoms with Gasteiger partial charge in [-0.15, -0.1) is 0 Å². The first-order valence-electron chi connectivity index (χ1n) is 5.93. The number of nitro benzene ring substituents is 1. The summed E-state index contributed by atoms with van der Waals surface area (Å²) in [6.07, 6.45) is 0. The molecule has 2 rings (SSSR count). The highest BCUT2D eigenvalue weighted by molar-refractivity contribution is 5.46. The average molecular weight is 276 g/mol. The highest BCUT2D eigenvalue weighted by atomic mass is 19.1. The number of nitro groups is 1. The van der Waals surface area contributed by atoms with Crippen molar-refractivity contribution in [3.05, 3.63) is 63.5 Å². The van der Waals surface area contributed by atoms with Gasteiger partial charge in [-0.05, 0) is 25.1 Å². The molecular formula is C14H13FN2O3. The molecule has 0 saturated carbocycles. The molecule has 0 aromatic heterocycles. The Balaban J connectivity index is 2.36. The predicted octanol–water partition coefficient (Wildman–Crippen LogP) is 3.29. The van der Waals surface area contributed by atoms with E-state index < -0.39 is 10.7 Å². The first-order valence-corrected chi connectivity index (χ1v) is 5.93. The van der Waals surface area contributed by atoms with Crippen LogP contribution in [0.15, 0.2) is 36.4 Å². The molecule has 20 heavy (non-hydrogen) atoms. The molecule has 0 heterocycles. The van der Waals surface area contributed by atoms with Gasteiger partial charge in [0.25, 0.3) is 5.69 Å². The highest BCUT2D eigenvalue weighted by Crippen LogP contribution is 2.30. The van der Waals surface area contributed by atoms with Gasteiger partial charge in [-0.3, -0.25) is 10.1 Å². The van der Waals surface area contributed by atoms with E-state index in [2.05, 4.69) is 0 Å². The van der Waals surface area contributed by atoms with E-state index in [9.17, 15) is 14.5 Å². The van der Waals surface area contributed by atoms with Crippen LogP contribution in [0.2, 0.25) is 0 Å². The van der Waals surface area contributed by atoms with E-state index in [4.69, 9.17) is 10.5 Å². The minimum atomic E-state index is -0.524. The van der Waals surface area contributed by atoms with Crippen molar-refractivity contribution in [1.82, 2.24) is 0 Å². The van der Waals surface area contributed by atoms with Gasteiger partial charge in [0.05, 0.1) is 4.92 Å². The summed E-state index contributed by atoms with van der Waals surface area (Å²) in [4.78, 5) is 10.3. The summed E-state index contributed by atoms with van der Waals surface area (Å²) in [6, 6.07) is 8.73. The number of nitrogens with two attached hydrogens (primary N) is 1. The molecule has 5 nitrogen and oxygen atoms in total. The van der Waals surface area contributed by atoms with Crippen molar-refractivity contribution >= 4 is 5.69 Å². The van der Waals surface area contributed by atoms with Gasteiger partial charge in [0.15, 0.2) is 11.6 Å². The summed E-state index contributed by atoms with van der Waals surface area (Å²) >= 11 is 0. The number of hydrogen-bond donors (Lipinski definition) is 1. The summed E-state index contributed by atoms with van der Waals surface area (Å²) in [7, 11) is 0. The third-order valence-electron chi connectivity index (χ3n) is 2.85. The summed E-state index contributed by atoms with van der Waals surface area (Å²) in [5, 5.41) is 10.7. The molecular weight excluding hydrogens is 263 g/mol. The van der Waals surface area contributed by atoms with Crippen molar-refractivity contribution in [2.24, 2.45) is 5.73 Å². The number of ether oxygens (including phenoxy) is 1. The Kier molecular flexibility index (Phi) is 3.95. The largest absolute Gasteiger partial charge is 0.454 e. The first kappa shape index (κ1) is 14.0. The van der Waals surface area contributed by atoms with Gasteiger partial charge in [0, 0.05) is 23.7 Å². The normalized spacial score (nSPS) is 10.3. The predicted molar refractivity (Wildman–Crippen MR) is 72.2 cm³/mol. The van der Waals surface area contributed by atoms with Crippen molar-refractivity contribution in [2.45, 2.75) is 13.5 Å². The molecule has 0 radical (unpaired) electrons. The van der Waals surface area contributed by atoms with Gasteiger partial charge in [0.2, 0.25) is 0 Å². The minimum Gasteiger partial charge on any atom is -0.454 e. The quantitative estimate of drug-likeness (QED) is 0.686. The molecule has 0 aliphatic heterocycles. The van der Waals surface area contributed by atoms with Gasteiger partial charge >= 0.3 is 0 Å². The molecule has 104 valence electrons. The van der Waals surface area contributed by atoms with E-state index in [0.717, 1.165) is 0 Å². The fourth-order valence-electron chi connectivity index (χ4n) is 1.84. The molecule has 0 bridgehead atoms. The number of rotatable bonds is 4. The standard InChI is InChI=1S/C14H13FN2O3/c1-9-7-11(5-6-13(9)17(18)19)20-14-10(8-16)3-2-4-12(14)15/h2-7H,8,16H2,1H3. The molecule has 2 N–H and O–H groups in total. The Morgan fingerprint density at radius 2 is 2.10 bits per heavy atom.